The molecule has 0 unspecified atom stereocenters. The molecule has 0 fully saturated rings. The van der Waals surface area contributed by atoms with Crippen molar-refractivity contribution in [2.24, 2.45) is 0 Å². The molecule has 0 aliphatic carbocycles. The highest BCUT2D eigenvalue weighted by molar-refractivity contribution is 5.71. The van der Waals surface area contributed by atoms with Gasteiger partial charge in [0.15, 0.2) is 6.61 Å². The van der Waals surface area contributed by atoms with Crippen molar-refractivity contribution in [3.63, 3.8) is 0 Å². The van der Waals surface area contributed by atoms with E-state index in [1.807, 2.05) is 0 Å². The highest BCUT2D eigenvalue weighted by atomic mass is 16.6. The van der Waals surface area contributed by atoms with Crippen LogP contribution in [0.15, 0.2) is 18.2 Å². The van der Waals surface area contributed by atoms with Crippen LogP contribution in [0.5, 0.6) is 11.5 Å². The Morgan fingerprint density at radius 2 is 1.77 bits per heavy atom. The summed E-state index contributed by atoms with van der Waals surface area (Å²) >= 11 is 0. The molecule has 0 amide bonds. The molecule has 1 aromatic carbocycles. The average Bonchev–Trinajstić information content (AvgIpc) is 2.43. The van der Waals surface area contributed by atoms with E-state index < -0.39 is 11.6 Å². The summed E-state index contributed by atoms with van der Waals surface area (Å²) in [5.41, 5.74) is 0.134. The third kappa shape index (κ3) is 7.31. The Morgan fingerprint density at radius 3 is 2.32 bits per heavy atom. The van der Waals surface area contributed by atoms with Crippen molar-refractivity contribution in [2.75, 3.05) is 13.2 Å². The number of esters is 1. The van der Waals surface area contributed by atoms with Crippen LogP contribution in [0, 0.1) is 0 Å². The smallest absolute Gasteiger partial charge is 0.344 e. The molecule has 5 nitrogen and oxygen atoms in total. The van der Waals surface area contributed by atoms with E-state index in [9.17, 15) is 9.90 Å². The van der Waals surface area contributed by atoms with Crippen molar-refractivity contribution in [1.82, 2.24) is 0 Å². The fraction of sp³-hybridized carbons (Fsp3) is 0.588. The number of unbranched alkanes of at least 4 members (excludes halogenated alkanes) is 1. The monoisotopic (exact) mass is 310 g/mol. The standard InChI is InChI=1S/C17H26O5/c1-5-6-7-20-14-8-13(11-18)9-15(10-14)21-12-16(19)22-17(2,3)4/h8-10,18H,5-7,11-12H2,1-4H3. The van der Waals surface area contributed by atoms with Gasteiger partial charge in [0, 0.05) is 6.07 Å². The van der Waals surface area contributed by atoms with Crippen LogP contribution in [0.1, 0.15) is 46.1 Å². The molecule has 0 aliphatic heterocycles. The van der Waals surface area contributed by atoms with Crippen LogP contribution in [-0.4, -0.2) is 29.9 Å². The maximum absolute atomic E-state index is 11.7. The van der Waals surface area contributed by atoms with Gasteiger partial charge in [-0.1, -0.05) is 13.3 Å². The molecule has 0 aliphatic rings. The summed E-state index contributed by atoms with van der Waals surface area (Å²) in [6.07, 6.45) is 2.00. The van der Waals surface area contributed by atoms with E-state index in [0.29, 0.717) is 23.7 Å². The van der Waals surface area contributed by atoms with Gasteiger partial charge < -0.3 is 19.3 Å². The first-order valence-electron chi connectivity index (χ1n) is 7.56. The lowest BCUT2D eigenvalue weighted by Crippen LogP contribution is -2.27. The van der Waals surface area contributed by atoms with E-state index in [2.05, 4.69) is 6.92 Å². The Balaban J connectivity index is 2.65. The lowest BCUT2D eigenvalue weighted by atomic mass is 10.2. The van der Waals surface area contributed by atoms with E-state index in [4.69, 9.17) is 14.2 Å². The zero-order valence-corrected chi connectivity index (χ0v) is 13.8. The summed E-state index contributed by atoms with van der Waals surface area (Å²) < 4.78 is 16.2. The first-order chi connectivity index (χ1) is 10.3. The van der Waals surface area contributed by atoms with Crippen molar-refractivity contribution >= 4 is 5.97 Å². The fourth-order valence-electron chi connectivity index (χ4n) is 1.74. The molecule has 1 aromatic rings. The Morgan fingerprint density at radius 1 is 1.14 bits per heavy atom. The predicted octanol–water partition coefficient (Wildman–Crippen LogP) is 3.08. The molecule has 0 heterocycles. The highest BCUT2D eigenvalue weighted by Gasteiger charge is 2.16. The lowest BCUT2D eigenvalue weighted by molar-refractivity contribution is -0.157. The van der Waals surface area contributed by atoms with Crippen LogP contribution < -0.4 is 9.47 Å². The summed E-state index contributed by atoms with van der Waals surface area (Å²) in [6.45, 7) is 7.80. The maximum Gasteiger partial charge on any atom is 0.344 e. The minimum absolute atomic E-state index is 0.117. The second kappa shape index (κ2) is 8.63. The summed E-state index contributed by atoms with van der Waals surface area (Å²) in [4.78, 5) is 11.7. The fourth-order valence-corrected chi connectivity index (χ4v) is 1.74. The van der Waals surface area contributed by atoms with Gasteiger partial charge in [-0.15, -0.1) is 0 Å². The summed E-state index contributed by atoms with van der Waals surface area (Å²) in [5, 5.41) is 9.29. The van der Waals surface area contributed by atoms with Gasteiger partial charge in [-0.2, -0.15) is 0 Å². The van der Waals surface area contributed by atoms with Crippen LogP contribution in [-0.2, 0) is 16.1 Å². The van der Waals surface area contributed by atoms with Crippen LogP contribution in [0.3, 0.4) is 0 Å². The second-order valence-electron chi connectivity index (χ2n) is 6.05. The van der Waals surface area contributed by atoms with Gasteiger partial charge >= 0.3 is 5.97 Å². The van der Waals surface area contributed by atoms with E-state index in [1.165, 1.54) is 0 Å². The molecule has 0 radical (unpaired) electrons. The summed E-state index contributed by atoms with van der Waals surface area (Å²) in [6, 6.07) is 5.15. The minimum atomic E-state index is -0.540. The van der Waals surface area contributed by atoms with E-state index in [1.54, 1.807) is 39.0 Å². The van der Waals surface area contributed by atoms with Gasteiger partial charge in [-0.3, -0.25) is 0 Å². The largest absolute Gasteiger partial charge is 0.493 e. The Labute approximate surface area is 132 Å². The van der Waals surface area contributed by atoms with Crippen LogP contribution in [0.2, 0.25) is 0 Å². The van der Waals surface area contributed by atoms with Crippen molar-refractivity contribution in [3.05, 3.63) is 23.8 Å². The quantitative estimate of drug-likeness (QED) is 0.590. The first kappa shape index (κ1) is 18.3. The Hall–Kier alpha value is -1.75. The number of hydrogen-bond donors (Lipinski definition) is 1. The number of carbonyl (C=O) groups excluding carboxylic acids is 1. The zero-order valence-electron chi connectivity index (χ0n) is 13.8. The number of rotatable bonds is 8. The van der Waals surface area contributed by atoms with Gasteiger partial charge in [0.1, 0.15) is 17.1 Å². The van der Waals surface area contributed by atoms with E-state index >= 15 is 0 Å². The SMILES string of the molecule is CCCCOc1cc(CO)cc(OCC(=O)OC(C)(C)C)c1. The molecule has 0 spiro atoms. The van der Waals surface area contributed by atoms with Crippen LogP contribution >= 0.6 is 0 Å². The molecule has 0 aromatic heterocycles. The molecule has 0 saturated carbocycles. The van der Waals surface area contributed by atoms with Crippen molar-refractivity contribution in [3.8, 4) is 11.5 Å². The van der Waals surface area contributed by atoms with Gasteiger partial charge in [-0.05, 0) is 44.9 Å². The predicted molar refractivity (Wildman–Crippen MR) is 84.1 cm³/mol. The summed E-state index contributed by atoms with van der Waals surface area (Å²) in [5.74, 6) is 0.665. The molecule has 22 heavy (non-hydrogen) atoms. The van der Waals surface area contributed by atoms with Gasteiger partial charge in [0.25, 0.3) is 0 Å². The zero-order chi connectivity index (χ0) is 16.6. The Bertz CT molecular complexity index is 476. The average molecular weight is 310 g/mol. The lowest BCUT2D eigenvalue weighted by Gasteiger charge is -2.19. The topological polar surface area (TPSA) is 65.0 Å². The van der Waals surface area contributed by atoms with Gasteiger partial charge in [-0.25, -0.2) is 4.79 Å². The third-order valence-electron chi connectivity index (χ3n) is 2.67. The molecule has 1 N–H and O–H groups in total. The van der Waals surface area contributed by atoms with Crippen LogP contribution in [0.25, 0.3) is 0 Å². The van der Waals surface area contributed by atoms with Gasteiger partial charge in [0.2, 0.25) is 0 Å². The number of benzene rings is 1. The number of aliphatic hydroxyl groups excluding tert-OH is 1. The maximum atomic E-state index is 11.7. The highest BCUT2D eigenvalue weighted by Crippen LogP contribution is 2.23. The molecule has 0 bridgehead atoms. The molecule has 1 rings (SSSR count). The van der Waals surface area contributed by atoms with Crippen molar-refractivity contribution in [2.45, 2.75) is 52.7 Å². The van der Waals surface area contributed by atoms with Crippen molar-refractivity contribution in [1.29, 1.82) is 0 Å². The number of hydrogen-bond acceptors (Lipinski definition) is 5. The van der Waals surface area contributed by atoms with Gasteiger partial charge in [0.05, 0.1) is 13.2 Å². The molecule has 0 saturated heterocycles. The second-order valence-corrected chi connectivity index (χ2v) is 6.05. The summed E-state index contributed by atoms with van der Waals surface area (Å²) in [7, 11) is 0. The molecule has 0 atom stereocenters. The normalized spacial score (nSPS) is 11.1. The minimum Gasteiger partial charge on any atom is -0.493 e. The first-order valence-corrected chi connectivity index (χ1v) is 7.56. The van der Waals surface area contributed by atoms with Crippen molar-refractivity contribution < 1.29 is 24.1 Å². The molecule has 124 valence electrons. The number of ether oxygens (including phenoxy) is 3. The Kier molecular flexibility index (Phi) is 7.18. The van der Waals surface area contributed by atoms with E-state index in [-0.39, 0.29) is 13.2 Å². The molecule has 5 heteroatoms. The molecular formula is C17H26O5. The number of carbonyl (C=O) groups is 1. The third-order valence-corrected chi connectivity index (χ3v) is 2.67. The van der Waals surface area contributed by atoms with Crippen LogP contribution in [0.4, 0.5) is 0 Å². The number of aliphatic hydroxyl groups is 1. The van der Waals surface area contributed by atoms with E-state index in [0.717, 1.165) is 12.8 Å². The molecular weight excluding hydrogens is 284 g/mol.